The molecule has 0 heterocycles. The SMILES string of the molecule is NC(=O)C(CCC(=O)O)NC(=O)[C@H](CC1=CCc2ccccc21)NC(=O)C(CCCN=C(N)N)NC(=O)[C@H](CC(=O)NO)Cc1ccccc1. The predicted molar refractivity (Wildman–Crippen MR) is 183 cm³/mol. The Hall–Kier alpha value is -5.77. The first-order valence-electron chi connectivity index (χ1n) is 16.1. The number of hydrogen-bond acceptors (Lipinski definition) is 8. The van der Waals surface area contributed by atoms with Crippen LogP contribution in [0.3, 0.4) is 0 Å². The van der Waals surface area contributed by atoms with Crippen molar-refractivity contribution in [3.8, 4) is 0 Å². The molecule has 0 spiro atoms. The smallest absolute Gasteiger partial charge is 0.303 e. The Morgan fingerprint density at radius 1 is 0.780 bits per heavy atom. The fourth-order valence-electron chi connectivity index (χ4n) is 5.56. The molecule has 5 amide bonds. The Labute approximate surface area is 288 Å². The van der Waals surface area contributed by atoms with E-state index in [9.17, 15) is 28.8 Å². The maximum atomic E-state index is 13.9. The number of nitrogens with zero attached hydrogens (tertiary/aromatic N) is 1. The zero-order chi connectivity index (χ0) is 36.6. The van der Waals surface area contributed by atoms with Gasteiger partial charge < -0.3 is 38.3 Å². The number of benzene rings is 2. The van der Waals surface area contributed by atoms with Gasteiger partial charge in [-0.25, -0.2) is 5.48 Å². The molecule has 0 saturated heterocycles. The molecule has 0 radical (unpaired) electrons. The van der Waals surface area contributed by atoms with Crippen LogP contribution in [0.25, 0.3) is 5.57 Å². The number of carboxylic acids is 1. The molecule has 0 saturated carbocycles. The highest BCUT2D eigenvalue weighted by atomic mass is 16.5. The average molecular weight is 693 g/mol. The van der Waals surface area contributed by atoms with Gasteiger partial charge in [0, 0.05) is 25.8 Å². The summed E-state index contributed by atoms with van der Waals surface area (Å²) < 4.78 is 0. The summed E-state index contributed by atoms with van der Waals surface area (Å²) in [5.74, 6) is -6.28. The summed E-state index contributed by atoms with van der Waals surface area (Å²) >= 11 is 0. The number of amides is 5. The van der Waals surface area contributed by atoms with Gasteiger partial charge in [0.15, 0.2) is 5.96 Å². The maximum absolute atomic E-state index is 13.9. The number of carbonyl (C=O) groups excluding carboxylic acids is 5. The molecule has 16 nitrogen and oxygen atoms in total. The molecule has 268 valence electrons. The molecule has 1 aliphatic carbocycles. The number of nitrogens with one attached hydrogen (secondary N) is 4. The minimum absolute atomic E-state index is 0.000962. The number of carbonyl (C=O) groups is 6. The van der Waals surface area contributed by atoms with Crippen LogP contribution in [0.2, 0.25) is 0 Å². The highest BCUT2D eigenvalue weighted by Crippen LogP contribution is 2.30. The number of nitrogens with two attached hydrogens (primary N) is 3. The van der Waals surface area contributed by atoms with Gasteiger partial charge in [0.1, 0.15) is 18.1 Å². The maximum Gasteiger partial charge on any atom is 0.303 e. The van der Waals surface area contributed by atoms with E-state index in [1.807, 2.05) is 30.3 Å². The Morgan fingerprint density at radius 3 is 2.08 bits per heavy atom. The summed E-state index contributed by atoms with van der Waals surface area (Å²) in [6.07, 6.45) is 1.82. The molecule has 2 aromatic rings. The predicted octanol–water partition coefficient (Wildman–Crippen LogP) is -0.371. The lowest BCUT2D eigenvalue weighted by Gasteiger charge is -2.26. The number of aliphatic carboxylic acids is 1. The molecule has 1 aliphatic rings. The number of hydroxylamine groups is 1. The van der Waals surface area contributed by atoms with Crippen LogP contribution < -0.4 is 38.6 Å². The van der Waals surface area contributed by atoms with E-state index in [-0.39, 0.29) is 51.0 Å². The summed E-state index contributed by atoms with van der Waals surface area (Å²) in [5.41, 5.74) is 21.3. The Bertz CT molecular complexity index is 1590. The lowest BCUT2D eigenvalue weighted by Crippen LogP contribution is -2.57. The van der Waals surface area contributed by atoms with Gasteiger partial charge in [-0.1, -0.05) is 60.7 Å². The van der Waals surface area contributed by atoms with Crippen LogP contribution in [-0.4, -0.2) is 76.4 Å². The molecule has 2 unspecified atom stereocenters. The van der Waals surface area contributed by atoms with Gasteiger partial charge in [0.25, 0.3) is 0 Å². The quantitative estimate of drug-likeness (QED) is 0.0285. The number of rotatable bonds is 20. The third kappa shape index (κ3) is 12.4. The molecule has 0 bridgehead atoms. The van der Waals surface area contributed by atoms with Crippen LogP contribution in [0.5, 0.6) is 0 Å². The van der Waals surface area contributed by atoms with Crippen molar-refractivity contribution in [2.24, 2.45) is 28.1 Å². The first-order valence-corrected chi connectivity index (χ1v) is 16.1. The fourth-order valence-corrected chi connectivity index (χ4v) is 5.56. The van der Waals surface area contributed by atoms with E-state index in [1.54, 1.807) is 30.3 Å². The monoisotopic (exact) mass is 692 g/mol. The minimum atomic E-state index is -1.32. The number of guanidine groups is 1. The molecule has 3 rings (SSSR count). The normalized spacial score (nSPS) is 14.1. The lowest BCUT2D eigenvalue weighted by molar-refractivity contribution is -0.138. The lowest BCUT2D eigenvalue weighted by atomic mass is 9.94. The van der Waals surface area contributed by atoms with Gasteiger partial charge in [-0.05, 0) is 54.4 Å². The summed E-state index contributed by atoms with van der Waals surface area (Å²) in [7, 11) is 0. The van der Waals surface area contributed by atoms with E-state index in [2.05, 4.69) is 20.9 Å². The first kappa shape index (κ1) is 38.7. The molecular weight excluding hydrogens is 648 g/mol. The third-order valence-electron chi connectivity index (χ3n) is 8.13. The van der Waals surface area contributed by atoms with E-state index < -0.39 is 66.0 Å². The molecule has 50 heavy (non-hydrogen) atoms. The van der Waals surface area contributed by atoms with Crippen molar-refractivity contribution in [2.75, 3.05) is 6.54 Å². The van der Waals surface area contributed by atoms with Gasteiger partial charge in [-0.15, -0.1) is 0 Å². The fraction of sp³-hybridized carbons (Fsp3) is 0.382. The second kappa shape index (κ2) is 19.3. The van der Waals surface area contributed by atoms with Gasteiger partial charge in [0.05, 0.1) is 5.92 Å². The molecule has 4 atom stereocenters. The average Bonchev–Trinajstić information content (AvgIpc) is 3.49. The zero-order valence-corrected chi connectivity index (χ0v) is 27.5. The first-order chi connectivity index (χ1) is 23.9. The molecule has 16 heteroatoms. The molecule has 0 aromatic heterocycles. The van der Waals surface area contributed by atoms with Crippen molar-refractivity contribution >= 4 is 47.0 Å². The number of fused-ring (bicyclic) bond motifs is 1. The van der Waals surface area contributed by atoms with Crippen molar-refractivity contribution in [3.05, 3.63) is 77.4 Å². The number of primary amides is 1. The number of aliphatic imine (C=N–C) groups is 1. The van der Waals surface area contributed by atoms with Crippen molar-refractivity contribution < 1.29 is 39.1 Å². The third-order valence-corrected chi connectivity index (χ3v) is 8.13. The van der Waals surface area contributed by atoms with Crippen molar-refractivity contribution in [1.82, 2.24) is 21.4 Å². The molecule has 0 aliphatic heterocycles. The van der Waals surface area contributed by atoms with E-state index in [0.29, 0.717) is 6.42 Å². The number of allylic oxidation sites excluding steroid dienone is 1. The molecule has 2 aromatic carbocycles. The summed E-state index contributed by atoms with van der Waals surface area (Å²) in [5, 5.41) is 26.1. The topological polar surface area (TPSA) is 281 Å². The molecule has 0 fully saturated rings. The van der Waals surface area contributed by atoms with Crippen LogP contribution in [0.15, 0.2) is 65.7 Å². The van der Waals surface area contributed by atoms with Gasteiger partial charge in [0.2, 0.25) is 29.5 Å². The van der Waals surface area contributed by atoms with Gasteiger partial charge >= 0.3 is 5.97 Å². The van der Waals surface area contributed by atoms with Crippen molar-refractivity contribution in [3.63, 3.8) is 0 Å². The summed E-state index contributed by atoms with van der Waals surface area (Å²) in [4.78, 5) is 80.6. The van der Waals surface area contributed by atoms with Crippen LogP contribution in [0, 0.1) is 5.92 Å². The van der Waals surface area contributed by atoms with E-state index in [4.69, 9.17) is 27.5 Å². The van der Waals surface area contributed by atoms with Gasteiger partial charge in [-0.2, -0.15) is 0 Å². The van der Waals surface area contributed by atoms with Crippen LogP contribution in [-0.2, 0) is 41.6 Å². The Kier molecular flexibility index (Phi) is 14.9. The van der Waals surface area contributed by atoms with E-state index in [1.165, 1.54) is 5.48 Å². The summed E-state index contributed by atoms with van der Waals surface area (Å²) in [6.45, 7) is 0.125. The Balaban J connectivity index is 1.89. The van der Waals surface area contributed by atoms with E-state index in [0.717, 1.165) is 22.3 Å². The largest absolute Gasteiger partial charge is 0.481 e. The second-order valence-corrected chi connectivity index (χ2v) is 11.9. The van der Waals surface area contributed by atoms with Crippen LogP contribution in [0.4, 0.5) is 0 Å². The molecular formula is C34H44N8O8. The van der Waals surface area contributed by atoms with E-state index >= 15 is 0 Å². The second-order valence-electron chi connectivity index (χ2n) is 11.9. The van der Waals surface area contributed by atoms with Crippen LogP contribution in [0.1, 0.15) is 55.2 Å². The molecule has 12 N–H and O–H groups in total. The van der Waals surface area contributed by atoms with Crippen molar-refractivity contribution in [2.45, 2.75) is 69.5 Å². The summed E-state index contributed by atoms with van der Waals surface area (Å²) in [6, 6.07) is 12.6. The number of carboxylic acid groups (broad SMARTS) is 1. The van der Waals surface area contributed by atoms with Crippen molar-refractivity contribution in [1.29, 1.82) is 0 Å². The van der Waals surface area contributed by atoms with Crippen LogP contribution >= 0.6 is 0 Å². The zero-order valence-electron chi connectivity index (χ0n) is 27.5. The highest BCUT2D eigenvalue weighted by Gasteiger charge is 2.32. The highest BCUT2D eigenvalue weighted by molar-refractivity contribution is 5.96. The van der Waals surface area contributed by atoms with Gasteiger partial charge in [-0.3, -0.25) is 39.0 Å². The standard InChI is InChI=1S/C34H44N8O8/c35-30(46)25(14-15-29(44)45)39-33(49)27(18-22-13-12-21-9-4-5-10-24(21)22)41-32(48)26(11-6-16-38-34(36)37)40-31(47)23(19-28(43)42-50)17-20-7-2-1-3-8-20/h1-5,7-10,13,23,25-27,50H,6,11-12,14-19H2,(H2,35,46)(H,39,49)(H,40,47)(H,41,48)(H,42,43)(H,44,45)(H4,36,37,38)/t23-,25?,26?,27-/m0/s1. The number of hydrogen-bond donors (Lipinski definition) is 9. The minimum Gasteiger partial charge on any atom is -0.481 e. The Morgan fingerprint density at radius 2 is 1.42 bits per heavy atom.